The molecular formula is C17H32N4O. The van der Waals surface area contributed by atoms with Crippen LogP contribution in [-0.2, 0) is 6.42 Å². The number of nitrogen functional groups attached to an aromatic ring is 1. The number of rotatable bonds is 6. The van der Waals surface area contributed by atoms with Gasteiger partial charge < -0.3 is 15.8 Å². The lowest BCUT2D eigenvalue weighted by Crippen LogP contribution is -2.36. The van der Waals surface area contributed by atoms with Crippen molar-refractivity contribution in [1.29, 1.82) is 0 Å². The number of nitrogens with zero attached hydrogens (tertiary/aromatic N) is 2. The molecule has 1 heterocycles. The molecule has 0 saturated carbocycles. The summed E-state index contributed by atoms with van der Waals surface area (Å²) >= 11 is 0. The fourth-order valence-corrected chi connectivity index (χ4v) is 2.89. The van der Waals surface area contributed by atoms with Crippen molar-refractivity contribution in [3.05, 3.63) is 5.82 Å². The number of ether oxygens (including phenoxy) is 1. The van der Waals surface area contributed by atoms with Crippen LogP contribution in [0, 0.1) is 11.3 Å². The van der Waals surface area contributed by atoms with Crippen molar-refractivity contribution in [2.75, 3.05) is 18.2 Å². The fourth-order valence-electron chi connectivity index (χ4n) is 2.89. The van der Waals surface area contributed by atoms with Gasteiger partial charge in [0.15, 0.2) is 5.82 Å². The highest BCUT2D eigenvalue weighted by Gasteiger charge is 2.27. The highest BCUT2D eigenvalue weighted by atomic mass is 16.5. The Hall–Kier alpha value is -1.52. The molecule has 0 bridgehead atoms. The minimum absolute atomic E-state index is 0.124. The van der Waals surface area contributed by atoms with Gasteiger partial charge in [-0.2, -0.15) is 4.98 Å². The lowest BCUT2D eigenvalue weighted by Gasteiger charge is -2.34. The molecule has 22 heavy (non-hydrogen) atoms. The van der Waals surface area contributed by atoms with Crippen molar-refractivity contribution < 1.29 is 4.74 Å². The number of methoxy groups -OCH3 is 1. The first-order valence-corrected chi connectivity index (χ1v) is 7.92. The van der Waals surface area contributed by atoms with E-state index in [-0.39, 0.29) is 11.0 Å². The summed E-state index contributed by atoms with van der Waals surface area (Å²) in [5.41, 5.74) is 6.71. The summed E-state index contributed by atoms with van der Waals surface area (Å²) in [7, 11) is 1.59. The molecule has 1 aromatic heterocycles. The topological polar surface area (TPSA) is 73.1 Å². The molecule has 1 aromatic rings. The number of anilines is 2. The van der Waals surface area contributed by atoms with E-state index in [2.05, 4.69) is 63.8 Å². The Morgan fingerprint density at radius 2 is 1.73 bits per heavy atom. The van der Waals surface area contributed by atoms with E-state index >= 15 is 0 Å². The van der Waals surface area contributed by atoms with Crippen LogP contribution in [0.5, 0.6) is 5.88 Å². The summed E-state index contributed by atoms with van der Waals surface area (Å²) in [6, 6.07) is 0. The molecule has 5 heteroatoms. The second kappa shape index (κ2) is 6.71. The van der Waals surface area contributed by atoms with Crippen molar-refractivity contribution in [2.24, 2.45) is 11.3 Å². The van der Waals surface area contributed by atoms with Gasteiger partial charge in [0.1, 0.15) is 11.5 Å². The summed E-state index contributed by atoms with van der Waals surface area (Å²) in [5, 5.41) is 3.48. The molecule has 126 valence electrons. The first-order valence-electron chi connectivity index (χ1n) is 7.92. The Bertz CT molecular complexity index is 504. The monoisotopic (exact) mass is 308 g/mol. The van der Waals surface area contributed by atoms with Crippen molar-refractivity contribution in [1.82, 2.24) is 9.97 Å². The van der Waals surface area contributed by atoms with Crippen LogP contribution in [0.3, 0.4) is 0 Å². The smallest absolute Gasteiger partial charge is 0.242 e. The van der Waals surface area contributed by atoms with E-state index in [0.29, 0.717) is 23.3 Å². The van der Waals surface area contributed by atoms with Gasteiger partial charge in [-0.15, -0.1) is 0 Å². The van der Waals surface area contributed by atoms with Gasteiger partial charge in [0.25, 0.3) is 0 Å². The van der Waals surface area contributed by atoms with E-state index in [1.807, 2.05) is 0 Å². The van der Waals surface area contributed by atoms with Crippen LogP contribution < -0.4 is 15.8 Å². The summed E-state index contributed by atoms with van der Waals surface area (Å²) in [6.45, 7) is 15.3. The minimum atomic E-state index is -0.124. The van der Waals surface area contributed by atoms with Gasteiger partial charge in [0, 0.05) is 12.0 Å². The lowest BCUT2D eigenvalue weighted by molar-refractivity contribution is 0.302. The maximum atomic E-state index is 6.15. The molecule has 0 radical (unpaired) electrons. The van der Waals surface area contributed by atoms with Crippen LogP contribution in [0.25, 0.3) is 0 Å². The number of hydrogen-bond donors (Lipinski definition) is 2. The van der Waals surface area contributed by atoms with Gasteiger partial charge in [0.05, 0.1) is 7.11 Å². The van der Waals surface area contributed by atoms with Crippen LogP contribution in [0.15, 0.2) is 0 Å². The van der Waals surface area contributed by atoms with Gasteiger partial charge >= 0.3 is 0 Å². The standard InChI is InChI=1S/C17H32N4O/c1-11(2)9-12-19-14(13(18)15(20-12)22-8)21-17(6,7)10-16(3,4)5/h11H,9-10,18H2,1-8H3,(H,19,20,21). The van der Waals surface area contributed by atoms with E-state index in [0.717, 1.165) is 18.7 Å². The second-order valence-electron chi connectivity index (χ2n) is 8.26. The van der Waals surface area contributed by atoms with Crippen LogP contribution in [0.1, 0.15) is 60.7 Å². The third kappa shape index (κ3) is 5.70. The van der Waals surface area contributed by atoms with Gasteiger partial charge in [-0.3, -0.25) is 0 Å². The molecule has 5 nitrogen and oxygen atoms in total. The van der Waals surface area contributed by atoms with Crippen molar-refractivity contribution >= 4 is 11.5 Å². The maximum Gasteiger partial charge on any atom is 0.242 e. The first-order chi connectivity index (χ1) is 9.93. The van der Waals surface area contributed by atoms with Crippen LogP contribution >= 0.6 is 0 Å². The number of aromatic nitrogens is 2. The van der Waals surface area contributed by atoms with Gasteiger partial charge in [-0.1, -0.05) is 34.6 Å². The zero-order chi connectivity index (χ0) is 17.1. The maximum absolute atomic E-state index is 6.15. The third-order valence-electron chi connectivity index (χ3n) is 3.17. The van der Waals surface area contributed by atoms with Crippen LogP contribution in [0.4, 0.5) is 11.5 Å². The van der Waals surface area contributed by atoms with Crippen LogP contribution in [-0.4, -0.2) is 22.6 Å². The van der Waals surface area contributed by atoms with Crippen molar-refractivity contribution in [2.45, 2.75) is 66.8 Å². The van der Waals surface area contributed by atoms with Crippen molar-refractivity contribution in [3.8, 4) is 5.88 Å². The minimum Gasteiger partial charge on any atom is -0.479 e. The Balaban J connectivity index is 3.11. The molecular weight excluding hydrogens is 276 g/mol. The molecule has 0 spiro atoms. The van der Waals surface area contributed by atoms with Gasteiger partial charge in [-0.05, 0) is 31.6 Å². The summed E-state index contributed by atoms with van der Waals surface area (Å²) in [5.74, 6) is 2.34. The summed E-state index contributed by atoms with van der Waals surface area (Å²) < 4.78 is 5.31. The van der Waals surface area contributed by atoms with Gasteiger partial charge in [-0.25, -0.2) is 4.98 Å². The number of nitrogens with two attached hydrogens (primary N) is 1. The number of hydrogen-bond acceptors (Lipinski definition) is 5. The lowest BCUT2D eigenvalue weighted by atomic mass is 9.82. The molecule has 3 N–H and O–H groups in total. The molecule has 0 unspecified atom stereocenters. The largest absolute Gasteiger partial charge is 0.479 e. The average Bonchev–Trinajstić information content (AvgIpc) is 2.28. The molecule has 0 fully saturated rings. The summed E-state index contributed by atoms with van der Waals surface area (Å²) in [6.07, 6.45) is 1.79. The molecule has 0 aromatic carbocycles. The highest BCUT2D eigenvalue weighted by Crippen LogP contribution is 2.33. The second-order valence-corrected chi connectivity index (χ2v) is 8.26. The fraction of sp³-hybridized carbons (Fsp3) is 0.765. The Labute approximate surface area is 135 Å². The normalized spacial score (nSPS) is 12.6. The first kappa shape index (κ1) is 18.5. The zero-order valence-electron chi connectivity index (χ0n) is 15.4. The van der Waals surface area contributed by atoms with Crippen molar-refractivity contribution in [3.63, 3.8) is 0 Å². The predicted molar refractivity (Wildman–Crippen MR) is 93.3 cm³/mol. The molecule has 0 amide bonds. The number of nitrogens with one attached hydrogen (secondary N) is 1. The molecule has 1 rings (SSSR count). The molecule has 0 saturated heterocycles. The van der Waals surface area contributed by atoms with E-state index in [1.54, 1.807) is 7.11 Å². The van der Waals surface area contributed by atoms with Crippen LogP contribution in [0.2, 0.25) is 0 Å². The third-order valence-corrected chi connectivity index (χ3v) is 3.17. The Morgan fingerprint density at radius 1 is 1.14 bits per heavy atom. The predicted octanol–water partition coefficient (Wildman–Crippen LogP) is 3.89. The quantitative estimate of drug-likeness (QED) is 0.834. The van der Waals surface area contributed by atoms with E-state index < -0.39 is 0 Å². The van der Waals surface area contributed by atoms with E-state index in [4.69, 9.17) is 10.5 Å². The zero-order valence-corrected chi connectivity index (χ0v) is 15.4. The SMILES string of the molecule is COc1nc(CC(C)C)nc(NC(C)(C)CC(C)(C)C)c1N. The molecule has 0 aliphatic heterocycles. The highest BCUT2D eigenvalue weighted by molar-refractivity contribution is 5.67. The molecule has 0 aliphatic rings. The Morgan fingerprint density at radius 3 is 2.18 bits per heavy atom. The summed E-state index contributed by atoms with van der Waals surface area (Å²) in [4.78, 5) is 9.01. The average molecular weight is 308 g/mol. The van der Waals surface area contributed by atoms with E-state index in [9.17, 15) is 0 Å². The van der Waals surface area contributed by atoms with E-state index in [1.165, 1.54) is 0 Å². The van der Waals surface area contributed by atoms with Gasteiger partial charge in [0.2, 0.25) is 5.88 Å². The molecule has 0 aliphatic carbocycles. The Kier molecular flexibility index (Phi) is 5.65. The molecule has 0 atom stereocenters.